The van der Waals surface area contributed by atoms with Crippen molar-refractivity contribution < 1.29 is 9.53 Å². The maximum atomic E-state index is 11.6. The molecule has 0 radical (unpaired) electrons. The van der Waals surface area contributed by atoms with E-state index in [2.05, 4.69) is 27.7 Å². The molecule has 1 saturated carbocycles. The number of rotatable bonds is 9. The number of ether oxygens (including phenoxy) is 1. The number of methoxy groups -OCH3 is 1. The van der Waals surface area contributed by atoms with Crippen LogP contribution in [0.15, 0.2) is 0 Å². The third kappa shape index (κ3) is 3.84. The lowest BCUT2D eigenvalue weighted by Crippen LogP contribution is -2.47. The Kier molecular flexibility index (Phi) is 7.22. The molecule has 0 aromatic heterocycles. The summed E-state index contributed by atoms with van der Waals surface area (Å²) in [5.74, 6) is 1.85. The van der Waals surface area contributed by atoms with Gasteiger partial charge in [0.05, 0.1) is 5.60 Å². The number of hydrogen-bond acceptors (Lipinski definition) is 2. The molecular formula is C18H34O2. The molecule has 1 aliphatic carbocycles. The molecule has 0 N–H and O–H groups in total. The second-order valence-electron chi connectivity index (χ2n) is 7.21. The zero-order valence-electron chi connectivity index (χ0n) is 14.2. The fourth-order valence-electron chi connectivity index (χ4n) is 4.22. The highest BCUT2D eigenvalue weighted by Gasteiger charge is 2.51. The minimum Gasteiger partial charge on any atom is -0.377 e. The Morgan fingerprint density at radius 2 is 1.65 bits per heavy atom. The van der Waals surface area contributed by atoms with E-state index >= 15 is 0 Å². The van der Waals surface area contributed by atoms with Crippen LogP contribution >= 0.6 is 0 Å². The highest BCUT2D eigenvalue weighted by molar-refractivity contribution is 5.56. The van der Waals surface area contributed by atoms with E-state index in [0.717, 1.165) is 18.8 Å². The van der Waals surface area contributed by atoms with Crippen LogP contribution in [0.25, 0.3) is 0 Å². The third-order valence-electron chi connectivity index (χ3n) is 5.47. The van der Waals surface area contributed by atoms with E-state index in [1.54, 1.807) is 7.11 Å². The summed E-state index contributed by atoms with van der Waals surface area (Å²) >= 11 is 0. The molecule has 0 aromatic rings. The molecular weight excluding hydrogens is 248 g/mol. The van der Waals surface area contributed by atoms with Gasteiger partial charge in [-0.2, -0.15) is 0 Å². The van der Waals surface area contributed by atoms with Crippen molar-refractivity contribution in [1.29, 1.82) is 0 Å². The maximum Gasteiger partial charge on any atom is 0.125 e. The number of carbonyl (C=O) groups is 1. The molecule has 0 spiro atoms. The lowest BCUT2D eigenvalue weighted by molar-refractivity contribution is -0.137. The Labute approximate surface area is 125 Å². The highest BCUT2D eigenvalue weighted by atomic mass is 16.5. The van der Waals surface area contributed by atoms with Gasteiger partial charge in [-0.15, -0.1) is 0 Å². The molecule has 2 heteroatoms. The zero-order chi connectivity index (χ0) is 15.2. The topological polar surface area (TPSA) is 26.3 Å². The van der Waals surface area contributed by atoms with Crippen LogP contribution in [0.4, 0.5) is 0 Å². The van der Waals surface area contributed by atoms with E-state index in [4.69, 9.17) is 4.74 Å². The summed E-state index contributed by atoms with van der Waals surface area (Å²) in [6.45, 7) is 9.05. The first-order chi connectivity index (χ1) is 9.48. The van der Waals surface area contributed by atoms with Crippen molar-refractivity contribution in [3.63, 3.8) is 0 Å². The second kappa shape index (κ2) is 8.17. The Bertz CT molecular complexity index is 275. The van der Waals surface area contributed by atoms with E-state index in [0.29, 0.717) is 11.8 Å². The van der Waals surface area contributed by atoms with Crippen LogP contribution in [0, 0.1) is 23.7 Å². The largest absolute Gasteiger partial charge is 0.377 e. The van der Waals surface area contributed by atoms with Crippen molar-refractivity contribution in [3.8, 4) is 0 Å². The van der Waals surface area contributed by atoms with Crippen molar-refractivity contribution in [3.05, 3.63) is 0 Å². The summed E-state index contributed by atoms with van der Waals surface area (Å²) in [6, 6.07) is 0. The molecule has 0 bridgehead atoms. The van der Waals surface area contributed by atoms with Gasteiger partial charge in [0.15, 0.2) is 0 Å². The molecule has 0 heterocycles. The Morgan fingerprint density at radius 3 is 2.10 bits per heavy atom. The highest BCUT2D eigenvalue weighted by Crippen LogP contribution is 2.48. The van der Waals surface area contributed by atoms with E-state index in [1.165, 1.54) is 38.4 Å². The molecule has 2 nitrogen and oxygen atoms in total. The number of aldehydes is 1. The van der Waals surface area contributed by atoms with Gasteiger partial charge in [-0.05, 0) is 37.0 Å². The van der Waals surface area contributed by atoms with Crippen LogP contribution in [0.3, 0.4) is 0 Å². The predicted octanol–water partition coefficient (Wildman–Crippen LogP) is 4.86. The summed E-state index contributed by atoms with van der Waals surface area (Å²) in [4.78, 5) is 11.6. The molecule has 0 saturated heterocycles. The summed E-state index contributed by atoms with van der Waals surface area (Å²) in [5, 5.41) is 0. The van der Waals surface area contributed by atoms with Crippen molar-refractivity contribution in [2.75, 3.05) is 7.11 Å². The number of carbonyl (C=O) groups excluding carboxylic acids is 1. The summed E-state index contributed by atoms with van der Waals surface area (Å²) in [6.07, 6.45) is 9.52. The van der Waals surface area contributed by atoms with Gasteiger partial charge >= 0.3 is 0 Å². The molecule has 0 amide bonds. The smallest absolute Gasteiger partial charge is 0.125 e. The summed E-state index contributed by atoms with van der Waals surface area (Å²) in [5.41, 5.74) is -0.209. The molecule has 1 fully saturated rings. The van der Waals surface area contributed by atoms with Gasteiger partial charge in [-0.1, -0.05) is 53.4 Å². The molecule has 0 aromatic carbocycles. The van der Waals surface area contributed by atoms with E-state index < -0.39 is 0 Å². The van der Waals surface area contributed by atoms with Crippen molar-refractivity contribution >= 4 is 6.29 Å². The first kappa shape index (κ1) is 17.7. The zero-order valence-corrected chi connectivity index (χ0v) is 14.2. The van der Waals surface area contributed by atoms with Crippen LogP contribution in [0.2, 0.25) is 0 Å². The van der Waals surface area contributed by atoms with Gasteiger partial charge in [0, 0.05) is 13.0 Å². The molecule has 118 valence electrons. The number of hydrogen-bond donors (Lipinski definition) is 0. The lowest BCUT2D eigenvalue weighted by Gasteiger charge is -2.41. The van der Waals surface area contributed by atoms with Crippen LogP contribution in [-0.4, -0.2) is 19.0 Å². The number of unbranched alkanes of at least 4 members (excludes halogenated alkanes) is 2. The van der Waals surface area contributed by atoms with Crippen LogP contribution in [0.1, 0.15) is 72.6 Å². The molecule has 1 aliphatic rings. The lowest BCUT2D eigenvalue weighted by atomic mass is 9.73. The Balaban J connectivity index is 2.53. The molecule has 3 atom stereocenters. The Hall–Kier alpha value is -0.370. The average Bonchev–Trinajstić information content (AvgIpc) is 2.70. The normalized spacial score (nSPS) is 31.7. The van der Waals surface area contributed by atoms with Gasteiger partial charge in [-0.25, -0.2) is 0 Å². The van der Waals surface area contributed by atoms with Crippen molar-refractivity contribution in [2.45, 2.75) is 78.2 Å². The SMILES string of the molecule is COC1(C(C=O)CCCCCC(C)C)C(C)CCC1C. The average molecular weight is 282 g/mol. The van der Waals surface area contributed by atoms with Gasteiger partial charge in [-0.3, -0.25) is 0 Å². The molecule has 0 aliphatic heterocycles. The van der Waals surface area contributed by atoms with Gasteiger partial charge in [0.1, 0.15) is 6.29 Å². The third-order valence-corrected chi connectivity index (χ3v) is 5.47. The molecule has 1 rings (SSSR count). The van der Waals surface area contributed by atoms with Crippen LogP contribution in [0.5, 0.6) is 0 Å². The molecule has 20 heavy (non-hydrogen) atoms. The standard InChI is InChI=1S/C18H34O2/c1-14(2)9-7-6-8-10-17(13-19)18(20-5)15(3)11-12-16(18)4/h13-17H,6-12H2,1-5H3. The van der Waals surface area contributed by atoms with Gasteiger partial charge in [0.25, 0.3) is 0 Å². The second-order valence-corrected chi connectivity index (χ2v) is 7.21. The van der Waals surface area contributed by atoms with Crippen LogP contribution < -0.4 is 0 Å². The summed E-state index contributed by atoms with van der Waals surface area (Å²) < 4.78 is 5.94. The maximum absolute atomic E-state index is 11.6. The minimum atomic E-state index is -0.209. The van der Waals surface area contributed by atoms with E-state index in [9.17, 15) is 4.79 Å². The van der Waals surface area contributed by atoms with Crippen molar-refractivity contribution in [2.24, 2.45) is 23.7 Å². The Morgan fingerprint density at radius 1 is 1.10 bits per heavy atom. The van der Waals surface area contributed by atoms with E-state index in [1.807, 2.05) is 0 Å². The first-order valence-electron chi connectivity index (χ1n) is 8.49. The first-order valence-corrected chi connectivity index (χ1v) is 8.49. The minimum absolute atomic E-state index is 0.0686. The molecule has 3 unspecified atom stereocenters. The van der Waals surface area contributed by atoms with Gasteiger partial charge < -0.3 is 9.53 Å². The fraction of sp³-hybridized carbons (Fsp3) is 0.944. The van der Waals surface area contributed by atoms with Crippen LogP contribution in [-0.2, 0) is 9.53 Å². The summed E-state index contributed by atoms with van der Waals surface area (Å²) in [7, 11) is 1.80. The predicted molar refractivity (Wildman–Crippen MR) is 84.8 cm³/mol. The van der Waals surface area contributed by atoms with E-state index in [-0.39, 0.29) is 11.5 Å². The quantitative estimate of drug-likeness (QED) is 0.446. The van der Waals surface area contributed by atoms with Crippen molar-refractivity contribution in [1.82, 2.24) is 0 Å². The monoisotopic (exact) mass is 282 g/mol. The fourth-order valence-corrected chi connectivity index (χ4v) is 4.22. The van der Waals surface area contributed by atoms with Gasteiger partial charge in [0.2, 0.25) is 0 Å².